The maximum absolute atomic E-state index is 11.2. The first-order chi connectivity index (χ1) is 13.0. The van der Waals surface area contributed by atoms with Gasteiger partial charge in [0.05, 0.1) is 0 Å². The number of carbonyl (C=O) groups excluding carboxylic acids is 1. The van der Waals surface area contributed by atoms with Crippen LogP contribution < -0.4 is 16.4 Å². The number of guanidine groups is 1. The average Bonchev–Trinajstić information content (AvgIpc) is 3.05. The number of nitrogens with one attached hydrogen (secondary N) is 2. The highest BCUT2D eigenvalue weighted by molar-refractivity contribution is 7.11. The van der Waals surface area contributed by atoms with Gasteiger partial charge < -0.3 is 21.3 Å². The zero-order chi connectivity index (χ0) is 19.6. The van der Waals surface area contributed by atoms with Gasteiger partial charge in [0.2, 0.25) is 5.91 Å². The number of aliphatic imine (C=N–C) groups is 1. The van der Waals surface area contributed by atoms with Crippen LogP contribution in [0.3, 0.4) is 0 Å². The Morgan fingerprint density at radius 1 is 1.37 bits per heavy atom. The van der Waals surface area contributed by atoms with Gasteiger partial charge in [-0.05, 0) is 71.3 Å². The third kappa shape index (κ3) is 7.89. The molecule has 0 saturated carbocycles. The molecule has 0 aliphatic carbocycles. The van der Waals surface area contributed by atoms with Gasteiger partial charge in [-0.3, -0.25) is 9.79 Å². The number of aryl methyl sites for hydroxylation is 1. The summed E-state index contributed by atoms with van der Waals surface area (Å²) in [6.07, 6.45) is 5.09. The van der Waals surface area contributed by atoms with Gasteiger partial charge in [0.1, 0.15) is 0 Å². The Bertz CT molecular complexity index is 607. The molecule has 0 bridgehead atoms. The van der Waals surface area contributed by atoms with E-state index in [1.165, 1.54) is 9.75 Å². The lowest BCUT2D eigenvalue weighted by atomic mass is 9.96. The van der Waals surface area contributed by atoms with Crippen LogP contribution in [0.2, 0.25) is 0 Å². The lowest BCUT2D eigenvalue weighted by Gasteiger charge is -2.30. The minimum atomic E-state index is -0.138. The van der Waals surface area contributed by atoms with Gasteiger partial charge in [-0.1, -0.05) is 0 Å². The fraction of sp³-hybridized carbons (Fsp3) is 0.700. The summed E-state index contributed by atoms with van der Waals surface area (Å²) in [6.45, 7) is 8.33. The molecule has 0 radical (unpaired) electrons. The summed E-state index contributed by atoms with van der Waals surface area (Å²) in [5, 5.41) is 6.89. The molecule has 1 aromatic rings. The molecule has 27 heavy (non-hydrogen) atoms. The zero-order valence-electron chi connectivity index (χ0n) is 17.0. The van der Waals surface area contributed by atoms with Crippen molar-refractivity contribution in [2.24, 2.45) is 16.6 Å². The Labute approximate surface area is 167 Å². The van der Waals surface area contributed by atoms with Crippen LogP contribution in [-0.2, 0) is 11.2 Å². The first-order valence-electron chi connectivity index (χ1n) is 10.0. The van der Waals surface area contributed by atoms with Crippen molar-refractivity contribution in [2.45, 2.75) is 52.0 Å². The molecule has 1 unspecified atom stereocenters. The van der Waals surface area contributed by atoms with Gasteiger partial charge in [-0.25, -0.2) is 0 Å². The number of hydrogen-bond acceptors (Lipinski definition) is 4. The molecule has 0 spiro atoms. The molecular formula is C20H35N5OS. The highest BCUT2D eigenvalue weighted by atomic mass is 32.1. The van der Waals surface area contributed by atoms with Crippen molar-refractivity contribution >= 4 is 23.2 Å². The van der Waals surface area contributed by atoms with Crippen molar-refractivity contribution in [1.82, 2.24) is 15.5 Å². The van der Waals surface area contributed by atoms with Gasteiger partial charge in [0.15, 0.2) is 5.96 Å². The number of carbonyl (C=O) groups is 1. The number of thiophene rings is 1. The quantitative estimate of drug-likeness (QED) is 0.341. The lowest BCUT2D eigenvalue weighted by molar-refractivity contribution is -0.123. The van der Waals surface area contributed by atoms with E-state index in [1.54, 1.807) is 0 Å². The fourth-order valence-corrected chi connectivity index (χ4v) is 4.50. The molecule has 1 saturated heterocycles. The van der Waals surface area contributed by atoms with E-state index in [4.69, 9.17) is 5.73 Å². The SMILES string of the molecule is CN=C(NCCCCN1CCC(C(N)=O)CC1)NC(C)Cc1ccc(C)s1. The van der Waals surface area contributed by atoms with Gasteiger partial charge >= 0.3 is 0 Å². The molecule has 6 nitrogen and oxygen atoms in total. The average molecular weight is 394 g/mol. The summed E-state index contributed by atoms with van der Waals surface area (Å²) >= 11 is 1.86. The van der Waals surface area contributed by atoms with Crippen molar-refractivity contribution in [3.05, 3.63) is 21.9 Å². The molecule has 1 aliphatic rings. The van der Waals surface area contributed by atoms with E-state index in [0.717, 1.165) is 64.2 Å². The topological polar surface area (TPSA) is 82.8 Å². The number of amides is 1. The summed E-state index contributed by atoms with van der Waals surface area (Å²) in [5.74, 6) is 0.816. The van der Waals surface area contributed by atoms with Crippen molar-refractivity contribution in [1.29, 1.82) is 0 Å². The first kappa shape index (κ1) is 21.7. The van der Waals surface area contributed by atoms with Crippen LogP contribution in [0.15, 0.2) is 17.1 Å². The number of nitrogens with zero attached hydrogens (tertiary/aromatic N) is 2. The second-order valence-corrected chi connectivity index (χ2v) is 8.86. The van der Waals surface area contributed by atoms with E-state index < -0.39 is 0 Å². The van der Waals surface area contributed by atoms with Crippen molar-refractivity contribution in [2.75, 3.05) is 33.2 Å². The highest BCUT2D eigenvalue weighted by Crippen LogP contribution is 2.17. The molecule has 7 heteroatoms. The van der Waals surface area contributed by atoms with Crippen LogP contribution in [0.4, 0.5) is 0 Å². The summed E-state index contributed by atoms with van der Waals surface area (Å²) in [5.41, 5.74) is 5.39. The predicted molar refractivity (Wildman–Crippen MR) is 114 cm³/mol. The Morgan fingerprint density at radius 3 is 2.70 bits per heavy atom. The third-order valence-corrected chi connectivity index (χ3v) is 6.12. The van der Waals surface area contributed by atoms with Crippen molar-refractivity contribution in [3.63, 3.8) is 0 Å². The van der Waals surface area contributed by atoms with Gasteiger partial charge in [-0.15, -0.1) is 11.3 Å². The number of likely N-dealkylation sites (tertiary alicyclic amines) is 1. The van der Waals surface area contributed by atoms with Crippen LogP contribution in [-0.4, -0.2) is 56.0 Å². The lowest BCUT2D eigenvalue weighted by Crippen LogP contribution is -2.43. The van der Waals surface area contributed by atoms with Crippen LogP contribution >= 0.6 is 11.3 Å². The van der Waals surface area contributed by atoms with Crippen LogP contribution in [0.5, 0.6) is 0 Å². The minimum Gasteiger partial charge on any atom is -0.369 e. The number of rotatable bonds is 9. The predicted octanol–water partition coefficient (Wildman–Crippen LogP) is 2.13. The molecule has 1 aliphatic heterocycles. The summed E-state index contributed by atoms with van der Waals surface area (Å²) < 4.78 is 0. The normalized spacial score (nSPS) is 17.7. The second kappa shape index (κ2) is 11.3. The number of piperidine rings is 1. The second-order valence-electron chi connectivity index (χ2n) is 7.49. The highest BCUT2D eigenvalue weighted by Gasteiger charge is 2.22. The van der Waals surface area contributed by atoms with E-state index in [1.807, 2.05) is 18.4 Å². The summed E-state index contributed by atoms with van der Waals surface area (Å²) in [4.78, 5) is 20.7. The largest absolute Gasteiger partial charge is 0.369 e. The Balaban J connectivity index is 1.56. The van der Waals surface area contributed by atoms with Gasteiger partial charge in [-0.2, -0.15) is 0 Å². The van der Waals surface area contributed by atoms with E-state index in [-0.39, 0.29) is 11.8 Å². The van der Waals surface area contributed by atoms with E-state index in [0.29, 0.717) is 6.04 Å². The Morgan fingerprint density at radius 2 is 2.11 bits per heavy atom. The molecule has 4 N–H and O–H groups in total. The van der Waals surface area contributed by atoms with Crippen LogP contribution in [0.1, 0.15) is 42.4 Å². The molecule has 1 amide bonds. The number of hydrogen-bond donors (Lipinski definition) is 3. The molecule has 1 atom stereocenters. The molecule has 1 fully saturated rings. The molecule has 2 heterocycles. The fourth-order valence-electron chi connectivity index (χ4n) is 3.48. The Hall–Kier alpha value is -1.60. The van der Waals surface area contributed by atoms with Gasteiger partial charge in [0.25, 0.3) is 0 Å². The summed E-state index contributed by atoms with van der Waals surface area (Å²) in [6, 6.07) is 4.73. The minimum absolute atomic E-state index is 0.0809. The van der Waals surface area contributed by atoms with Crippen LogP contribution in [0.25, 0.3) is 0 Å². The molecule has 152 valence electrons. The molecule has 1 aromatic heterocycles. The maximum Gasteiger partial charge on any atom is 0.220 e. The zero-order valence-corrected chi connectivity index (χ0v) is 17.8. The monoisotopic (exact) mass is 393 g/mol. The van der Waals surface area contributed by atoms with Crippen molar-refractivity contribution in [3.8, 4) is 0 Å². The maximum atomic E-state index is 11.2. The molecular weight excluding hydrogens is 358 g/mol. The molecule has 0 aromatic carbocycles. The van der Waals surface area contributed by atoms with Crippen molar-refractivity contribution < 1.29 is 4.79 Å². The van der Waals surface area contributed by atoms with E-state index >= 15 is 0 Å². The smallest absolute Gasteiger partial charge is 0.220 e. The Kier molecular flexibility index (Phi) is 9.07. The number of primary amides is 1. The summed E-state index contributed by atoms with van der Waals surface area (Å²) in [7, 11) is 1.82. The standard InChI is InChI=1S/C20H35N5OS/c1-15(14-18-7-6-16(2)27-18)24-20(22-3)23-10-4-5-11-25-12-8-17(9-13-25)19(21)26/h6-7,15,17H,4-5,8-14H2,1-3H3,(H2,21,26)(H2,22,23,24). The third-order valence-electron chi connectivity index (χ3n) is 5.09. The van der Waals surface area contributed by atoms with E-state index in [2.05, 4.69) is 46.5 Å². The number of unbranched alkanes of at least 4 members (excludes halogenated alkanes) is 1. The first-order valence-corrected chi connectivity index (χ1v) is 10.8. The number of nitrogens with two attached hydrogens (primary N) is 1. The van der Waals surface area contributed by atoms with Crippen LogP contribution in [0, 0.1) is 12.8 Å². The van der Waals surface area contributed by atoms with Gasteiger partial charge in [0, 0.05) is 41.7 Å². The van der Waals surface area contributed by atoms with E-state index in [9.17, 15) is 4.79 Å². The molecule has 2 rings (SSSR count).